The molecule has 0 bridgehead atoms. The van der Waals surface area contributed by atoms with Crippen LogP contribution in [0.2, 0.25) is 10.3 Å². The van der Waals surface area contributed by atoms with Crippen molar-refractivity contribution in [1.82, 2.24) is 4.98 Å². The minimum absolute atomic E-state index is 0.145. The number of nitrogen functional groups attached to an aromatic ring is 1. The Morgan fingerprint density at radius 3 is 2.60 bits per heavy atom. The zero-order valence-electron chi connectivity index (χ0n) is 10.4. The van der Waals surface area contributed by atoms with Crippen LogP contribution in [0.5, 0.6) is 0 Å². The van der Waals surface area contributed by atoms with E-state index in [-0.39, 0.29) is 16.2 Å². The second-order valence-electron chi connectivity index (χ2n) is 4.16. The smallest absolute Gasteiger partial charge is 0.255 e. The molecule has 4 nitrogen and oxygen atoms in total. The van der Waals surface area contributed by atoms with Gasteiger partial charge in [-0.3, -0.25) is 4.79 Å². The summed E-state index contributed by atoms with van der Waals surface area (Å²) in [4.78, 5) is 16.1. The number of aryl methyl sites for hydroxylation is 1. The van der Waals surface area contributed by atoms with Crippen LogP contribution in [0.3, 0.4) is 0 Å². The highest BCUT2D eigenvalue weighted by Crippen LogP contribution is 2.27. The standard InChI is InChI=1S/C13H10BrCl2N3O/c1-6-2-10(15)18-12(16)11(6)19-13(20)7-3-8(14)5-9(17)4-7/h2-5H,17H2,1H3,(H,19,20). The van der Waals surface area contributed by atoms with E-state index in [1.807, 2.05) is 0 Å². The van der Waals surface area contributed by atoms with Crippen LogP contribution >= 0.6 is 39.1 Å². The van der Waals surface area contributed by atoms with Crippen LogP contribution in [0.1, 0.15) is 15.9 Å². The van der Waals surface area contributed by atoms with Crippen LogP contribution in [-0.4, -0.2) is 10.9 Å². The van der Waals surface area contributed by atoms with Crippen molar-refractivity contribution in [3.8, 4) is 0 Å². The number of nitrogens with two attached hydrogens (primary N) is 1. The van der Waals surface area contributed by atoms with Gasteiger partial charge in [0.15, 0.2) is 5.15 Å². The molecule has 0 saturated carbocycles. The third-order valence-corrected chi connectivity index (χ3v) is 3.49. The molecule has 0 saturated heterocycles. The molecule has 0 aliphatic rings. The van der Waals surface area contributed by atoms with Crippen molar-refractivity contribution in [2.24, 2.45) is 0 Å². The molecule has 1 aromatic heterocycles. The molecule has 2 rings (SSSR count). The van der Waals surface area contributed by atoms with Gasteiger partial charge >= 0.3 is 0 Å². The predicted octanol–water partition coefficient (Wildman–Crippen LogP) is 4.29. The lowest BCUT2D eigenvalue weighted by atomic mass is 10.1. The van der Waals surface area contributed by atoms with Gasteiger partial charge in [-0.2, -0.15) is 0 Å². The number of benzene rings is 1. The SMILES string of the molecule is Cc1cc(Cl)nc(Cl)c1NC(=O)c1cc(N)cc(Br)c1. The number of halogens is 3. The Morgan fingerprint density at radius 2 is 2.00 bits per heavy atom. The Bertz CT molecular complexity index is 648. The fraction of sp³-hybridized carbons (Fsp3) is 0.0769. The number of anilines is 2. The first-order valence-electron chi connectivity index (χ1n) is 5.57. The molecule has 2 aromatic rings. The van der Waals surface area contributed by atoms with Crippen molar-refractivity contribution >= 4 is 56.4 Å². The molecule has 1 aromatic carbocycles. The number of hydrogen-bond acceptors (Lipinski definition) is 3. The maximum absolute atomic E-state index is 12.2. The highest BCUT2D eigenvalue weighted by atomic mass is 79.9. The first-order valence-corrected chi connectivity index (χ1v) is 7.12. The number of amides is 1. The monoisotopic (exact) mass is 373 g/mol. The number of pyridine rings is 1. The molecule has 20 heavy (non-hydrogen) atoms. The Labute approximate surface area is 134 Å². The fourth-order valence-electron chi connectivity index (χ4n) is 1.67. The van der Waals surface area contributed by atoms with Gasteiger partial charge < -0.3 is 11.1 Å². The lowest BCUT2D eigenvalue weighted by molar-refractivity contribution is 0.102. The summed E-state index contributed by atoms with van der Waals surface area (Å²) in [6, 6.07) is 6.57. The molecule has 104 valence electrons. The molecule has 0 fully saturated rings. The lowest BCUT2D eigenvalue weighted by Crippen LogP contribution is -2.14. The summed E-state index contributed by atoms with van der Waals surface area (Å²) in [6.45, 7) is 1.78. The Balaban J connectivity index is 2.32. The van der Waals surface area contributed by atoms with Crippen LogP contribution < -0.4 is 11.1 Å². The van der Waals surface area contributed by atoms with Crippen molar-refractivity contribution in [2.75, 3.05) is 11.1 Å². The molecule has 0 spiro atoms. The maximum atomic E-state index is 12.2. The summed E-state index contributed by atoms with van der Waals surface area (Å²) in [5.74, 6) is -0.327. The van der Waals surface area contributed by atoms with Crippen molar-refractivity contribution in [3.05, 3.63) is 50.2 Å². The molecule has 0 aliphatic carbocycles. The van der Waals surface area contributed by atoms with Crippen LogP contribution in [0.15, 0.2) is 28.7 Å². The lowest BCUT2D eigenvalue weighted by Gasteiger charge is -2.11. The van der Waals surface area contributed by atoms with E-state index in [1.165, 1.54) is 0 Å². The van der Waals surface area contributed by atoms with Gasteiger partial charge in [0.05, 0.1) is 5.69 Å². The van der Waals surface area contributed by atoms with Crippen molar-refractivity contribution < 1.29 is 4.79 Å². The summed E-state index contributed by atoms with van der Waals surface area (Å²) in [5, 5.41) is 3.13. The van der Waals surface area contributed by atoms with Gasteiger partial charge in [-0.1, -0.05) is 39.1 Å². The summed E-state index contributed by atoms with van der Waals surface area (Å²) in [6.07, 6.45) is 0. The molecule has 3 N–H and O–H groups in total. The molecule has 0 aliphatic heterocycles. The minimum atomic E-state index is -0.327. The number of carbonyl (C=O) groups excluding carboxylic acids is 1. The summed E-state index contributed by atoms with van der Waals surface area (Å²) in [7, 11) is 0. The average Bonchev–Trinajstić information content (AvgIpc) is 2.32. The quantitative estimate of drug-likeness (QED) is 0.608. The summed E-state index contributed by atoms with van der Waals surface area (Å²) >= 11 is 15.1. The van der Waals surface area contributed by atoms with E-state index in [1.54, 1.807) is 31.2 Å². The molecule has 1 amide bonds. The molecule has 1 heterocycles. The van der Waals surface area contributed by atoms with Crippen LogP contribution in [0.25, 0.3) is 0 Å². The largest absolute Gasteiger partial charge is 0.399 e. The Morgan fingerprint density at radius 1 is 1.30 bits per heavy atom. The van der Waals surface area contributed by atoms with E-state index < -0.39 is 0 Å². The second-order valence-corrected chi connectivity index (χ2v) is 5.82. The highest BCUT2D eigenvalue weighted by molar-refractivity contribution is 9.10. The molecular formula is C13H10BrCl2N3O. The molecule has 7 heteroatoms. The van der Waals surface area contributed by atoms with Crippen LogP contribution in [0.4, 0.5) is 11.4 Å². The van der Waals surface area contributed by atoms with Crippen molar-refractivity contribution in [1.29, 1.82) is 0 Å². The number of hydrogen-bond donors (Lipinski definition) is 2. The predicted molar refractivity (Wildman–Crippen MR) is 85.5 cm³/mol. The first-order chi connectivity index (χ1) is 9.36. The van der Waals surface area contributed by atoms with E-state index in [2.05, 4.69) is 26.2 Å². The van der Waals surface area contributed by atoms with E-state index >= 15 is 0 Å². The van der Waals surface area contributed by atoms with Gasteiger partial charge in [0.1, 0.15) is 5.15 Å². The molecule has 0 radical (unpaired) electrons. The second kappa shape index (κ2) is 5.99. The van der Waals surface area contributed by atoms with Crippen molar-refractivity contribution in [2.45, 2.75) is 6.92 Å². The van der Waals surface area contributed by atoms with Gasteiger partial charge in [0.25, 0.3) is 5.91 Å². The van der Waals surface area contributed by atoms with Gasteiger partial charge in [0.2, 0.25) is 0 Å². The van der Waals surface area contributed by atoms with Crippen LogP contribution in [-0.2, 0) is 0 Å². The van der Waals surface area contributed by atoms with Crippen molar-refractivity contribution in [3.63, 3.8) is 0 Å². The third kappa shape index (κ3) is 3.42. The normalized spacial score (nSPS) is 10.4. The molecule has 0 unspecified atom stereocenters. The van der Waals surface area contributed by atoms with E-state index in [0.717, 1.165) is 10.0 Å². The number of nitrogens with zero attached hydrogens (tertiary/aromatic N) is 1. The highest BCUT2D eigenvalue weighted by Gasteiger charge is 2.13. The third-order valence-electron chi connectivity index (χ3n) is 2.56. The van der Waals surface area contributed by atoms with Gasteiger partial charge in [-0.15, -0.1) is 0 Å². The maximum Gasteiger partial charge on any atom is 0.255 e. The van der Waals surface area contributed by atoms with E-state index in [9.17, 15) is 4.79 Å². The number of rotatable bonds is 2. The van der Waals surface area contributed by atoms with Gasteiger partial charge in [-0.25, -0.2) is 4.98 Å². The number of aromatic nitrogens is 1. The fourth-order valence-corrected chi connectivity index (χ4v) is 2.76. The van der Waals surface area contributed by atoms with E-state index in [0.29, 0.717) is 16.9 Å². The summed E-state index contributed by atoms with van der Waals surface area (Å²) in [5.41, 5.74) is 7.77. The van der Waals surface area contributed by atoms with Crippen LogP contribution in [0, 0.1) is 6.92 Å². The Kier molecular flexibility index (Phi) is 4.52. The number of carbonyl (C=O) groups is 1. The molecular weight excluding hydrogens is 365 g/mol. The zero-order chi connectivity index (χ0) is 14.9. The van der Waals surface area contributed by atoms with Gasteiger partial charge in [-0.05, 0) is 36.8 Å². The first kappa shape index (κ1) is 15.1. The average molecular weight is 375 g/mol. The van der Waals surface area contributed by atoms with E-state index in [4.69, 9.17) is 28.9 Å². The van der Waals surface area contributed by atoms with Gasteiger partial charge in [0, 0.05) is 15.7 Å². The molecule has 0 atom stereocenters. The topological polar surface area (TPSA) is 68.0 Å². The Hall–Kier alpha value is -1.30. The zero-order valence-corrected chi connectivity index (χ0v) is 13.5. The number of nitrogens with one attached hydrogen (secondary N) is 1. The summed E-state index contributed by atoms with van der Waals surface area (Å²) < 4.78 is 0.722. The minimum Gasteiger partial charge on any atom is -0.399 e.